The Morgan fingerprint density at radius 3 is 2.62 bits per heavy atom. The molecule has 1 fully saturated rings. The molecule has 0 aliphatic carbocycles. The summed E-state index contributed by atoms with van der Waals surface area (Å²) >= 11 is 0. The minimum Gasteiger partial charge on any atom is -0.495 e. The van der Waals surface area contributed by atoms with Gasteiger partial charge in [-0.3, -0.25) is 0 Å². The number of ether oxygens (including phenoxy) is 1. The predicted molar refractivity (Wildman–Crippen MR) is 100 cm³/mol. The van der Waals surface area contributed by atoms with E-state index < -0.39 is 0 Å². The molecular weight excluding hydrogens is 333 g/mol. The Labute approximate surface area is 153 Å². The number of nitrogens with one attached hydrogen (secondary N) is 1. The van der Waals surface area contributed by atoms with Crippen LogP contribution >= 0.6 is 0 Å². The van der Waals surface area contributed by atoms with Crippen molar-refractivity contribution < 1.29 is 13.9 Å². The third-order valence-corrected chi connectivity index (χ3v) is 4.57. The van der Waals surface area contributed by atoms with Crippen LogP contribution in [0.1, 0.15) is 5.56 Å². The van der Waals surface area contributed by atoms with Crippen molar-refractivity contribution in [3.63, 3.8) is 0 Å². The Hall–Kier alpha value is -2.76. The van der Waals surface area contributed by atoms with E-state index in [1.165, 1.54) is 12.1 Å². The highest BCUT2D eigenvalue weighted by Gasteiger charge is 2.22. The van der Waals surface area contributed by atoms with Gasteiger partial charge in [0.15, 0.2) is 0 Å². The number of methoxy groups -OCH3 is 1. The molecule has 6 heteroatoms. The number of hydrogen-bond donors (Lipinski definition) is 1. The lowest BCUT2D eigenvalue weighted by atomic mass is 10.1. The molecule has 0 spiro atoms. The lowest BCUT2D eigenvalue weighted by Gasteiger charge is -2.36. The van der Waals surface area contributed by atoms with Gasteiger partial charge in [0.25, 0.3) is 0 Å². The summed E-state index contributed by atoms with van der Waals surface area (Å²) in [5.74, 6) is 0.599. The Bertz CT molecular complexity index is 745. The highest BCUT2D eigenvalue weighted by molar-refractivity contribution is 5.74. The van der Waals surface area contributed by atoms with Crippen LogP contribution in [0.3, 0.4) is 0 Å². The standard InChI is InChI=1S/C20H24FN3O2/c1-26-19-8-3-2-7-18(19)23-11-13-24(14-12-23)20(25)22-10-9-16-5-4-6-17(21)15-16/h2-8,15H,9-14H2,1H3,(H,22,25). The Kier molecular flexibility index (Phi) is 5.94. The Balaban J connectivity index is 1.46. The van der Waals surface area contributed by atoms with Gasteiger partial charge in [0.2, 0.25) is 0 Å². The molecule has 26 heavy (non-hydrogen) atoms. The van der Waals surface area contributed by atoms with Gasteiger partial charge in [-0.2, -0.15) is 0 Å². The monoisotopic (exact) mass is 357 g/mol. The van der Waals surface area contributed by atoms with E-state index in [2.05, 4.69) is 10.2 Å². The molecule has 2 aromatic rings. The van der Waals surface area contributed by atoms with Gasteiger partial charge < -0.3 is 19.9 Å². The molecule has 1 heterocycles. The summed E-state index contributed by atoms with van der Waals surface area (Å²) in [6.45, 7) is 3.33. The fraction of sp³-hybridized carbons (Fsp3) is 0.350. The van der Waals surface area contributed by atoms with Gasteiger partial charge in [-0.1, -0.05) is 24.3 Å². The normalized spacial score (nSPS) is 14.2. The third-order valence-electron chi connectivity index (χ3n) is 4.57. The molecule has 2 amide bonds. The van der Waals surface area contributed by atoms with Crippen molar-refractivity contribution in [1.29, 1.82) is 0 Å². The molecule has 0 bridgehead atoms. The van der Waals surface area contributed by atoms with Crippen molar-refractivity contribution in [3.8, 4) is 5.75 Å². The maximum absolute atomic E-state index is 13.2. The van der Waals surface area contributed by atoms with E-state index in [4.69, 9.17) is 4.74 Å². The van der Waals surface area contributed by atoms with E-state index in [-0.39, 0.29) is 11.8 Å². The molecule has 2 aromatic carbocycles. The molecule has 1 saturated heterocycles. The first-order valence-corrected chi connectivity index (χ1v) is 8.82. The number of hydrogen-bond acceptors (Lipinski definition) is 3. The lowest BCUT2D eigenvalue weighted by molar-refractivity contribution is 0.194. The summed E-state index contributed by atoms with van der Waals surface area (Å²) in [4.78, 5) is 16.4. The fourth-order valence-electron chi connectivity index (χ4n) is 3.16. The second-order valence-electron chi connectivity index (χ2n) is 6.26. The van der Waals surface area contributed by atoms with Crippen LogP contribution in [0.2, 0.25) is 0 Å². The first kappa shape index (κ1) is 18.0. The van der Waals surface area contributed by atoms with Crippen molar-refractivity contribution in [2.45, 2.75) is 6.42 Å². The number of carbonyl (C=O) groups is 1. The van der Waals surface area contributed by atoms with Crippen LogP contribution in [-0.2, 0) is 6.42 Å². The highest BCUT2D eigenvalue weighted by atomic mass is 19.1. The summed E-state index contributed by atoms with van der Waals surface area (Å²) in [6, 6.07) is 14.3. The number of anilines is 1. The van der Waals surface area contributed by atoms with Crippen molar-refractivity contribution in [2.75, 3.05) is 44.7 Å². The third kappa shape index (κ3) is 4.45. The molecule has 1 aliphatic heterocycles. The van der Waals surface area contributed by atoms with Crippen molar-refractivity contribution in [1.82, 2.24) is 10.2 Å². The quantitative estimate of drug-likeness (QED) is 0.895. The van der Waals surface area contributed by atoms with E-state index in [1.54, 1.807) is 13.2 Å². The molecular formula is C20H24FN3O2. The molecule has 0 radical (unpaired) electrons. The van der Waals surface area contributed by atoms with Gasteiger partial charge in [-0.05, 0) is 36.2 Å². The van der Waals surface area contributed by atoms with Crippen LogP contribution in [0, 0.1) is 5.82 Å². The Morgan fingerprint density at radius 1 is 1.12 bits per heavy atom. The van der Waals surface area contributed by atoms with E-state index in [9.17, 15) is 9.18 Å². The number of halogens is 1. The zero-order chi connectivity index (χ0) is 18.4. The molecule has 0 aromatic heterocycles. The first-order chi connectivity index (χ1) is 12.7. The predicted octanol–water partition coefficient (Wildman–Crippen LogP) is 2.91. The van der Waals surface area contributed by atoms with Gasteiger partial charge in [0.1, 0.15) is 11.6 Å². The zero-order valence-electron chi connectivity index (χ0n) is 15.0. The number of nitrogens with zero attached hydrogens (tertiary/aromatic N) is 2. The van der Waals surface area contributed by atoms with Crippen molar-refractivity contribution in [2.24, 2.45) is 0 Å². The summed E-state index contributed by atoms with van der Waals surface area (Å²) in [5.41, 5.74) is 1.94. The maximum atomic E-state index is 13.2. The maximum Gasteiger partial charge on any atom is 0.317 e. The largest absolute Gasteiger partial charge is 0.495 e. The van der Waals surface area contributed by atoms with Gasteiger partial charge in [-0.25, -0.2) is 9.18 Å². The molecule has 1 aliphatic rings. The number of amides is 2. The lowest BCUT2D eigenvalue weighted by Crippen LogP contribution is -2.52. The topological polar surface area (TPSA) is 44.8 Å². The van der Waals surface area contributed by atoms with Crippen molar-refractivity contribution in [3.05, 3.63) is 59.9 Å². The second kappa shape index (κ2) is 8.56. The van der Waals surface area contributed by atoms with Crippen LogP contribution in [0.15, 0.2) is 48.5 Å². The summed E-state index contributed by atoms with van der Waals surface area (Å²) < 4.78 is 18.6. The Morgan fingerprint density at radius 2 is 1.88 bits per heavy atom. The highest BCUT2D eigenvalue weighted by Crippen LogP contribution is 2.28. The summed E-state index contributed by atoms with van der Waals surface area (Å²) in [6.07, 6.45) is 0.616. The molecule has 138 valence electrons. The van der Waals surface area contributed by atoms with Crippen molar-refractivity contribution >= 4 is 11.7 Å². The minimum atomic E-state index is -0.249. The smallest absolute Gasteiger partial charge is 0.317 e. The molecule has 1 N–H and O–H groups in total. The van der Waals surface area contributed by atoms with Gasteiger partial charge in [-0.15, -0.1) is 0 Å². The summed E-state index contributed by atoms with van der Waals surface area (Å²) in [7, 11) is 1.67. The number of para-hydroxylation sites is 2. The van der Waals surface area contributed by atoms with Crippen LogP contribution in [0.25, 0.3) is 0 Å². The average molecular weight is 357 g/mol. The molecule has 0 unspecified atom stereocenters. The molecule has 3 rings (SSSR count). The number of carbonyl (C=O) groups excluding carboxylic acids is 1. The van der Waals surface area contributed by atoms with Gasteiger partial charge >= 0.3 is 6.03 Å². The SMILES string of the molecule is COc1ccccc1N1CCN(C(=O)NCCc2cccc(F)c2)CC1. The van der Waals surface area contributed by atoms with E-state index in [0.717, 1.165) is 30.1 Å². The molecule has 0 atom stereocenters. The number of benzene rings is 2. The van der Waals surface area contributed by atoms with Crippen LogP contribution in [-0.4, -0.2) is 50.8 Å². The van der Waals surface area contributed by atoms with Gasteiger partial charge in [0.05, 0.1) is 12.8 Å². The van der Waals surface area contributed by atoms with E-state index in [1.807, 2.05) is 35.2 Å². The second-order valence-corrected chi connectivity index (χ2v) is 6.26. The van der Waals surface area contributed by atoms with Gasteiger partial charge in [0, 0.05) is 32.7 Å². The zero-order valence-corrected chi connectivity index (χ0v) is 15.0. The summed E-state index contributed by atoms with van der Waals surface area (Å²) in [5, 5.41) is 2.92. The minimum absolute atomic E-state index is 0.0684. The van der Waals surface area contributed by atoms with E-state index in [0.29, 0.717) is 26.1 Å². The van der Waals surface area contributed by atoms with Crippen LogP contribution in [0.5, 0.6) is 5.75 Å². The number of piperazine rings is 1. The number of urea groups is 1. The molecule has 5 nitrogen and oxygen atoms in total. The average Bonchev–Trinajstić information content (AvgIpc) is 2.68. The van der Waals surface area contributed by atoms with E-state index >= 15 is 0 Å². The fourth-order valence-corrected chi connectivity index (χ4v) is 3.16. The number of rotatable bonds is 5. The first-order valence-electron chi connectivity index (χ1n) is 8.82. The van der Waals surface area contributed by atoms with Crippen LogP contribution in [0.4, 0.5) is 14.9 Å². The van der Waals surface area contributed by atoms with Crippen LogP contribution < -0.4 is 15.0 Å². The molecule has 0 saturated carbocycles.